The Kier molecular flexibility index (Phi) is 4.14. The normalized spacial score (nSPS) is 18.9. The van der Waals surface area contributed by atoms with Crippen molar-refractivity contribution in [3.63, 3.8) is 0 Å². The molecule has 112 valence electrons. The second-order valence-electron chi connectivity index (χ2n) is 5.35. The monoisotopic (exact) mass is 301 g/mol. The third-order valence-electron chi connectivity index (χ3n) is 3.82. The van der Waals surface area contributed by atoms with E-state index in [1.54, 1.807) is 7.05 Å². The molecule has 0 amide bonds. The van der Waals surface area contributed by atoms with E-state index in [-0.39, 0.29) is 11.6 Å². The summed E-state index contributed by atoms with van der Waals surface area (Å²) in [5.74, 6) is -0.930. The van der Waals surface area contributed by atoms with Gasteiger partial charge in [-0.2, -0.15) is 0 Å². The van der Waals surface area contributed by atoms with Gasteiger partial charge in [-0.05, 0) is 12.8 Å². The van der Waals surface area contributed by atoms with Gasteiger partial charge in [0.1, 0.15) is 0 Å². The van der Waals surface area contributed by atoms with Crippen LogP contribution in [0.4, 0.5) is 0 Å². The lowest BCUT2D eigenvalue weighted by atomic mass is 9.74. The number of aryl methyl sites for hydroxylation is 1. The zero-order valence-corrected chi connectivity index (χ0v) is 12.2. The van der Waals surface area contributed by atoms with Crippen LogP contribution >= 0.6 is 0 Å². The molecule has 7 nitrogen and oxygen atoms in total. The van der Waals surface area contributed by atoms with Crippen LogP contribution in [0, 0.1) is 5.41 Å². The summed E-state index contributed by atoms with van der Waals surface area (Å²) >= 11 is 0. The Balaban J connectivity index is 2.11. The zero-order chi connectivity index (χ0) is 14.8. The standard InChI is InChI=1S/C12H19N3O4S/c1-15-7-10(13-9-15)20(18,19)14-8-12(11(16)17)5-3-2-4-6-12/h7,9,14H,2-6,8H2,1H3,(H,16,17). The number of nitrogens with zero attached hydrogens (tertiary/aromatic N) is 2. The van der Waals surface area contributed by atoms with Crippen molar-refractivity contribution in [2.24, 2.45) is 12.5 Å². The first-order valence-corrected chi connectivity index (χ1v) is 8.05. The quantitative estimate of drug-likeness (QED) is 0.835. The minimum Gasteiger partial charge on any atom is -0.481 e. The summed E-state index contributed by atoms with van der Waals surface area (Å²) in [6, 6.07) is 0. The average molecular weight is 301 g/mol. The number of imidazole rings is 1. The van der Waals surface area contributed by atoms with Crippen LogP contribution in [0.2, 0.25) is 0 Å². The zero-order valence-electron chi connectivity index (χ0n) is 11.4. The lowest BCUT2D eigenvalue weighted by Crippen LogP contribution is -2.44. The molecule has 0 unspecified atom stereocenters. The highest BCUT2D eigenvalue weighted by molar-refractivity contribution is 7.89. The molecule has 1 aromatic heterocycles. The molecule has 1 aliphatic carbocycles. The van der Waals surface area contributed by atoms with Crippen LogP contribution in [-0.2, 0) is 21.9 Å². The summed E-state index contributed by atoms with van der Waals surface area (Å²) in [5, 5.41) is 9.32. The largest absolute Gasteiger partial charge is 0.481 e. The van der Waals surface area contributed by atoms with Crippen molar-refractivity contribution in [3.8, 4) is 0 Å². The van der Waals surface area contributed by atoms with Crippen LogP contribution < -0.4 is 4.72 Å². The Hall–Kier alpha value is -1.41. The Morgan fingerprint density at radius 3 is 2.60 bits per heavy atom. The van der Waals surface area contributed by atoms with Gasteiger partial charge in [-0.25, -0.2) is 18.1 Å². The Morgan fingerprint density at radius 1 is 1.45 bits per heavy atom. The molecular weight excluding hydrogens is 282 g/mol. The molecule has 1 aliphatic rings. The van der Waals surface area contributed by atoms with Crippen LogP contribution in [0.1, 0.15) is 32.1 Å². The molecule has 1 aromatic rings. The molecule has 8 heteroatoms. The van der Waals surface area contributed by atoms with Gasteiger partial charge in [0.25, 0.3) is 10.0 Å². The number of aliphatic carboxylic acids is 1. The van der Waals surface area contributed by atoms with E-state index in [0.29, 0.717) is 12.8 Å². The summed E-state index contributed by atoms with van der Waals surface area (Å²) in [4.78, 5) is 15.3. The predicted molar refractivity (Wildman–Crippen MR) is 71.6 cm³/mol. The highest BCUT2D eigenvalue weighted by Crippen LogP contribution is 2.36. The van der Waals surface area contributed by atoms with E-state index in [4.69, 9.17) is 0 Å². The third-order valence-corrected chi connectivity index (χ3v) is 5.11. The summed E-state index contributed by atoms with van der Waals surface area (Å²) in [6.07, 6.45) is 6.43. The van der Waals surface area contributed by atoms with Gasteiger partial charge in [0.15, 0.2) is 5.03 Å². The number of aromatic nitrogens is 2. The second-order valence-corrected chi connectivity index (χ2v) is 7.06. The Bertz CT molecular complexity index is 588. The van der Waals surface area contributed by atoms with Gasteiger partial charge in [0.05, 0.1) is 11.7 Å². The van der Waals surface area contributed by atoms with Crippen LogP contribution in [-0.4, -0.2) is 35.6 Å². The number of hydrogen-bond acceptors (Lipinski definition) is 4. The van der Waals surface area contributed by atoms with Crippen molar-refractivity contribution >= 4 is 16.0 Å². The topological polar surface area (TPSA) is 101 Å². The van der Waals surface area contributed by atoms with Crippen molar-refractivity contribution in [1.82, 2.24) is 14.3 Å². The molecule has 0 aromatic carbocycles. The minimum absolute atomic E-state index is 0.0821. The van der Waals surface area contributed by atoms with E-state index in [2.05, 4.69) is 9.71 Å². The summed E-state index contributed by atoms with van der Waals surface area (Å²) in [5.41, 5.74) is -0.986. The van der Waals surface area contributed by atoms with Crippen molar-refractivity contribution in [2.45, 2.75) is 37.1 Å². The molecule has 0 saturated heterocycles. The van der Waals surface area contributed by atoms with Gasteiger partial charge in [-0.3, -0.25) is 4.79 Å². The average Bonchev–Trinajstić information content (AvgIpc) is 2.85. The van der Waals surface area contributed by atoms with Gasteiger partial charge >= 0.3 is 5.97 Å². The van der Waals surface area contributed by atoms with E-state index in [1.165, 1.54) is 17.1 Å². The molecule has 0 aliphatic heterocycles. The smallest absolute Gasteiger partial charge is 0.310 e. The minimum atomic E-state index is -3.76. The third kappa shape index (κ3) is 3.01. The molecular formula is C12H19N3O4S. The van der Waals surface area contributed by atoms with Gasteiger partial charge in [-0.15, -0.1) is 0 Å². The number of carboxylic acids is 1. The molecule has 1 heterocycles. The summed E-state index contributed by atoms with van der Waals surface area (Å²) < 4.78 is 28.1. The predicted octanol–water partition coefficient (Wildman–Crippen LogP) is 0.733. The highest BCUT2D eigenvalue weighted by Gasteiger charge is 2.40. The number of rotatable bonds is 5. The van der Waals surface area contributed by atoms with Crippen molar-refractivity contribution in [3.05, 3.63) is 12.5 Å². The summed E-state index contributed by atoms with van der Waals surface area (Å²) in [7, 11) is -2.08. The van der Waals surface area contributed by atoms with Gasteiger partial charge < -0.3 is 9.67 Å². The van der Waals surface area contributed by atoms with E-state index in [9.17, 15) is 18.3 Å². The fourth-order valence-electron chi connectivity index (χ4n) is 2.53. The molecule has 2 N–H and O–H groups in total. The van der Waals surface area contributed by atoms with Gasteiger partial charge in [0.2, 0.25) is 0 Å². The van der Waals surface area contributed by atoms with Gasteiger partial charge in [0, 0.05) is 19.8 Å². The maximum Gasteiger partial charge on any atom is 0.310 e. The van der Waals surface area contributed by atoms with Gasteiger partial charge in [-0.1, -0.05) is 19.3 Å². The number of carbonyl (C=O) groups is 1. The summed E-state index contributed by atoms with van der Waals surface area (Å²) in [6.45, 7) is -0.0821. The maximum absolute atomic E-state index is 12.1. The lowest BCUT2D eigenvalue weighted by Gasteiger charge is -2.32. The first kappa shape index (κ1) is 15.0. The Morgan fingerprint density at radius 2 is 2.10 bits per heavy atom. The van der Waals surface area contributed by atoms with Crippen molar-refractivity contribution in [1.29, 1.82) is 0 Å². The molecule has 1 saturated carbocycles. The van der Waals surface area contributed by atoms with E-state index in [1.807, 2.05) is 0 Å². The lowest BCUT2D eigenvalue weighted by molar-refractivity contribution is -0.150. The molecule has 0 spiro atoms. The highest BCUT2D eigenvalue weighted by atomic mass is 32.2. The number of sulfonamides is 1. The van der Waals surface area contributed by atoms with Crippen molar-refractivity contribution < 1.29 is 18.3 Å². The molecule has 0 radical (unpaired) electrons. The van der Waals surface area contributed by atoms with E-state index in [0.717, 1.165) is 19.3 Å². The van der Waals surface area contributed by atoms with Crippen LogP contribution in [0.5, 0.6) is 0 Å². The Labute approximate surface area is 118 Å². The maximum atomic E-state index is 12.1. The number of hydrogen-bond donors (Lipinski definition) is 2. The molecule has 20 heavy (non-hydrogen) atoms. The molecule has 0 atom stereocenters. The first-order chi connectivity index (χ1) is 9.36. The number of nitrogens with one attached hydrogen (secondary N) is 1. The second kappa shape index (κ2) is 5.53. The fraction of sp³-hybridized carbons (Fsp3) is 0.667. The van der Waals surface area contributed by atoms with Crippen LogP contribution in [0.15, 0.2) is 17.6 Å². The van der Waals surface area contributed by atoms with Crippen molar-refractivity contribution in [2.75, 3.05) is 6.54 Å². The molecule has 2 rings (SSSR count). The SMILES string of the molecule is Cn1cnc(S(=O)(=O)NCC2(C(=O)O)CCCCC2)c1. The molecule has 1 fully saturated rings. The van der Waals surface area contributed by atoms with Crippen LogP contribution in [0.3, 0.4) is 0 Å². The van der Waals surface area contributed by atoms with E-state index < -0.39 is 21.4 Å². The van der Waals surface area contributed by atoms with E-state index >= 15 is 0 Å². The molecule has 0 bridgehead atoms. The van der Waals surface area contributed by atoms with Crippen LogP contribution in [0.25, 0.3) is 0 Å². The number of carboxylic acid groups (broad SMARTS) is 1. The first-order valence-electron chi connectivity index (χ1n) is 6.57. The fourth-order valence-corrected chi connectivity index (χ4v) is 3.63.